The van der Waals surface area contributed by atoms with Crippen LogP contribution in [0.3, 0.4) is 0 Å². The lowest BCUT2D eigenvalue weighted by molar-refractivity contribution is -0.394. The van der Waals surface area contributed by atoms with Crippen LogP contribution in [0.2, 0.25) is 0 Å². The van der Waals surface area contributed by atoms with Gasteiger partial charge in [0.15, 0.2) is 0 Å². The Morgan fingerprint density at radius 1 is 0.758 bits per heavy atom. The van der Waals surface area contributed by atoms with Crippen LogP contribution < -0.4 is 10.7 Å². The molecule has 0 saturated heterocycles. The van der Waals surface area contributed by atoms with E-state index in [0.29, 0.717) is 22.5 Å². The predicted molar refractivity (Wildman–Crippen MR) is 120 cm³/mol. The van der Waals surface area contributed by atoms with Gasteiger partial charge in [-0.2, -0.15) is 5.10 Å². The van der Waals surface area contributed by atoms with Gasteiger partial charge in [-0.25, -0.2) is 5.43 Å². The zero-order valence-electron chi connectivity index (χ0n) is 17.2. The van der Waals surface area contributed by atoms with Gasteiger partial charge in [-0.1, -0.05) is 30.3 Å². The summed E-state index contributed by atoms with van der Waals surface area (Å²) in [5.41, 5.74) is 2.92. The SMILES string of the molecule is CC(=NNC(=O)c1cc([N+](=O)[O-])cc([N+](=O)[O-])c1)c1ccc(NC(=O)c2ccccc2)cc1. The molecule has 0 radical (unpaired) electrons. The Labute approximate surface area is 187 Å². The predicted octanol–water partition coefficient (Wildman–Crippen LogP) is 3.91. The molecule has 3 aromatic rings. The number of carbonyl (C=O) groups is 2. The van der Waals surface area contributed by atoms with Crippen molar-refractivity contribution in [1.29, 1.82) is 0 Å². The van der Waals surface area contributed by atoms with Gasteiger partial charge in [-0.05, 0) is 36.8 Å². The van der Waals surface area contributed by atoms with Crippen LogP contribution in [0.15, 0.2) is 77.9 Å². The average Bonchev–Trinajstić information content (AvgIpc) is 2.82. The summed E-state index contributed by atoms with van der Waals surface area (Å²) in [7, 11) is 0. The quantitative estimate of drug-likeness (QED) is 0.318. The fourth-order valence-corrected chi connectivity index (χ4v) is 2.79. The van der Waals surface area contributed by atoms with Crippen molar-refractivity contribution in [3.05, 3.63) is 110 Å². The first-order chi connectivity index (χ1) is 15.7. The van der Waals surface area contributed by atoms with Crippen molar-refractivity contribution in [2.45, 2.75) is 6.92 Å². The van der Waals surface area contributed by atoms with Crippen LogP contribution in [0.5, 0.6) is 0 Å². The highest BCUT2D eigenvalue weighted by molar-refractivity contribution is 6.05. The highest BCUT2D eigenvalue weighted by atomic mass is 16.6. The van der Waals surface area contributed by atoms with Gasteiger partial charge in [0.25, 0.3) is 23.2 Å². The first kappa shape index (κ1) is 22.7. The second-order valence-corrected chi connectivity index (χ2v) is 6.79. The summed E-state index contributed by atoms with van der Waals surface area (Å²) in [5.74, 6) is -1.10. The summed E-state index contributed by atoms with van der Waals surface area (Å²) in [6, 6.07) is 18.1. The van der Waals surface area contributed by atoms with Crippen LogP contribution in [0.1, 0.15) is 33.2 Å². The number of nitrogens with one attached hydrogen (secondary N) is 2. The van der Waals surface area contributed by atoms with Crippen LogP contribution in [0.4, 0.5) is 17.1 Å². The maximum absolute atomic E-state index is 12.3. The summed E-state index contributed by atoms with van der Waals surface area (Å²) in [4.78, 5) is 44.8. The third kappa shape index (κ3) is 5.82. The minimum Gasteiger partial charge on any atom is -0.322 e. The lowest BCUT2D eigenvalue weighted by atomic mass is 10.1. The minimum absolute atomic E-state index is 0.257. The van der Waals surface area contributed by atoms with Crippen molar-refractivity contribution in [3.63, 3.8) is 0 Å². The van der Waals surface area contributed by atoms with Gasteiger partial charge in [0.1, 0.15) is 0 Å². The Hall–Kier alpha value is -4.93. The molecule has 11 nitrogen and oxygen atoms in total. The minimum atomic E-state index is -0.840. The number of nitro groups is 2. The lowest BCUT2D eigenvalue weighted by Crippen LogP contribution is -2.19. The van der Waals surface area contributed by atoms with Crippen LogP contribution in [0.25, 0.3) is 0 Å². The molecule has 3 aromatic carbocycles. The molecular formula is C22H17N5O6. The normalized spacial score (nSPS) is 10.9. The smallest absolute Gasteiger partial charge is 0.277 e. The molecule has 0 heterocycles. The summed E-state index contributed by atoms with van der Waals surface area (Å²) in [5, 5.41) is 28.7. The Morgan fingerprint density at radius 3 is 1.88 bits per heavy atom. The standard InChI is InChI=1S/C22H17N5O6/c1-14(15-7-9-18(10-8-15)23-21(28)16-5-3-2-4-6-16)24-25-22(29)17-11-19(26(30)31)13-20(12-17)27(32)33/h2-13H,1H3,(H,23,28)(H,25,29). The third-order valence-corrected chi connectivity index (χ3v) is 4.51. The van der Waals surface area contributed by atoms with Gasteiger partial charge in [-0.15, -0.1) is 0 Å². The Morgan fingerprint density at radius 2 is 1.33 bits per heavy atom. The van der Waals surface area contributed by atoms with E-state index in [1.165, 1.54) is 0 Å². The number of anilines is 1. The summed E-state index contributed by atoms with van der Waals surface area (Å²) >= 11 is 0. The summed E-state index contributed by atoms with van der Waals surface area (Å²) in [6.07, 6.45) is 0. The van der Waals surface area contributed by atoms with Crippen molar-refractivity contribution in [2.75, 3.05) is 5.32 Å². The highest BCUT2D eigenvalue weighted by Gasteiger charge is 2.19. The molecular weight excluding hydrogens is 430 g/mol. The lowest BCUT2D eigenvalue weighted by Gasteiger charge is -2.07. The molecule has 0 bridgehead atoms. The van der Waals surface area contributed by atoms with E-state index in [0.717, 1.165) is 18.2 Å². The molecule has 0 aliphatic rings. The summed E-state index contributed by atoms with van der Waals surface area (Å²) in [6.45, 7) is 1.62. The average molecular weight is 447 g/mol. The molecule has 2 amide bonds. The van der Waals surface area contributed by atoms with E-state index in [9.17, 15) is 29.8 Å². The van der Waals surface area contributed by atoms with Gasteiger partial charge >= 0.3 is 0 Å². The molecule has 0 aliphatic heterocycles. The van der Waals surface area contributed by atoms with Crippen molar-refractivity contribution in [3.8, 4) is 0 Å². The van der Waals surface area contributed by atoms with E-state index in [1.54, 1.807) is 55.5 Å². The highest BCUT2D eigenvalue weighted by Crippen LogP contribution is 2.22. The van der Waals surface area contributed by atoms with E-state index in [2.05, 4.69) is 15.8 Å². The second kappa shape index (κ2) is 9.92. The number of nitro benzene ring substituents is 2. The van der Waals surface area contributed by atoms with Gasteiger partial charge in [0.2, 0.25) is 0 Å². The van der Waals surface area contributed by atoms with E-state index >= 15 is 0 Å². The third-order valence-electron chi connectivity index (χ3n) is 4.51. The Kier molecular flexibility index (Phi) is 6.84. The largest absolute Gasteiger partial charge is 0.322 e. The first-order valence-electron chi connectivity index (χ1n) is 9.50. The number of hydrogen-bond acceptors (Lipinski definition) is 7. The fourth-order valence-electron chi connectivity index (χ4n) is 2.79. The summed E-state index contributed by atoms with van der Waals surface area (Å²) < 4.78 is 0. The molecule has 0 saturated carbocycles. The van der Waals surface area contributed by atoms with Crippen molar-refractivity contribution >= 4 is 34.6 Å². The Balaban J connectivity index is 1.69. The molecule has 0 aromatic heterocycles. The van der Waals surface area contributed by atoms with Crippen molar-refractivity contribution < 1.29 is 19.4 Å². The molecule has 33 heavy (non-hydrogen) atoms. The zero-order chi connectivity index (χ0) is 24.0. The topological polar surface area (TPSA) is 157 Å². The van der Waals surface area contributed by atoms with Crippen LogP contribution in [-0.2, 0) is 0 Å². The van der Waals surface area contributed by atoms with Crippen LogP contribution >= 0.6 is 0 Å². The van der Waals surface area contributed by atoms with Crippen LogP contribution in [-0.4, -0.2) is 27.4 Å². The monoisotopic (exact) mass is 447 g/mol. The Bertz CT molecular complexity index is 1220. The van der Waals surface area contributed by atoms with Crippen molar-refractivity contribution in [1.82, 2.24) is 5.43 Å². The molecule has 0 aliphatic carbocycles. The molecule has 0 fully saturated rings. The van der Waals surface area contributed by atoms with Gasteiger partial charge in [-0.3, -0.25) is 29.8 Å². The molecule has 0 unspecified atom stereocenters. The van der Waals surface area contributed by atoms with Gasteiger partial charge in [0.05, 0.1) is 27.2 Å². The molecule has 11 heteroatoms. The zero-order valence-corrected chi connectivity index (χ0v) is 17.2. The maximum atomic E-state index is 12.3. The second-order valence-electron chi connectivity index (χ2n) is 6.79. The molecule has 0 spiro atoms. The number of nitrogens with zero attached hydrogens (tertiary/aromatic N) is 3. The number of hydrazone groups is 1. The van der Waals surface area contributed by atoms with Crippen molar-refractivity contribution in [2.24, 2.45) is 5.10 Å². The number of non-ortho nitro benzene ring substituents is 2. The number of hydrogen-bond donors (Lipinski definition) is 2. The first-order valence-corrected chi connectivity index (χ1v) is 9.50. The molecule has 2 N–H and O–H groups in total. The van der Waals surface area contributed by atoms with E-state index in [1.807, 2.05) is 6.07 Å². The van der Waals surface area contributed by atoms with E-state index in [4.69, 9.17) is 0 Å². The van der Waals surface area contributed by atoms with Gasteiger partial charge in [0, 0.05) is 23.4 Å². The molecule has 0 atom stereocenters. The number of amides is 2. The van der Waals surface area contributed by atoms with E-state index < -0.39 is 27.1 Å². The van der Waals surface area contributed by atoms with Gasteiger partial charge < -0.3 is 5.32 Å². The number of benzene rings is 3. The number of carbonyl (C=O) groups excluding carboxylic acids is 2. The van der Waals surface area contributed by atoms with Crippen LogP contribution in [0, 0.1) is 20.2 Å². The molecule has 166 valence electrons. The van der Waals surface area contributed by atoms with E-state index in [-0.39, 0.29) is 11.5 Å². The maximum Gasteiger partial charge on any atom is 0.277 e. The molecule has 3 rings (SSSR count). The fraction of sp³-hybridized carbons (Fsp3) is 0.0455. The number of rotatable bonds is 7.